The van der Waals surface area contributed by atoms with Gasteiger partial charge in [0.05, 0.1) is 23.6 Å². The number of carbonyl (C=O) groups is 1. The van der Waals surface area contributed by atoms with Gasteiger partial charge in [0.2, 0.25) is 5.91 Å². The van der Waals surface area contributed by atoms with Crippen molar-refractivity contribution in [2.24, 2.45) is 29.1 Å². The standard InChI is InChI=1S/C29H29F2N5O/c1-15(2)36-13-18(12-33-36)17-4-6-19(7-5-17)34-28(37)16(3)27-20-8-25(21-11-29(20,21)27)35-14-32-24-9-22(30)23(31)10-26(24)35/h4-7,9-10,12-16,20-21,25,27H,8,11H2,1-3H3,(H,34,37)/t16-,20-,21?,25+,27-,29?/m0/s1. The Balaban J connectivity index is 1.01. The Morgan fingerprint density at radius 2 is 1.84 bits per heavy atom. The fourth-order valence-corrected chi connectivity index (χ4v) is 7.33. The number of hydrogen-bond acceptors (Lipinski definition) is 3. The Hall–Kier alpha value is -3.55. The smallest absolute Gasteiger partial charge is 0.227 e. The highest BCUT2D eigenvalue weighted by Gasteiger charge is 2.84. The van der Waals surface area contributed by atoms with Gasteiger partial charge in [0.1, 0.15) is 0 Å². The molecule has 6 nitrogen and oxygen atoms in total. The predicted molar refractivity (Wildman–Crippen MR) is 137 cm³/mol. The first-order valence-electron chi connectivity index (χ1n) is 13.0. The third-order valence-corrected chi connectivity index (χ3v) is 9.24. The van der Waals surface area contributed by atoms with E-state index in [2.05, 4.69) is 29.2 Å². The topological polar surface area (TPSA) is 64.7 Å². The zero-order chi connectivity index (χ0) is 25.6. The number of anilines is 1. The van der Waals surface area contributed by atoms with Crippen LogP contribution in [0.3, 0.4) is 0 Å². The summed E-state index contributed by atoms with van der Waals surface area (Å²) in [5, 5.41) is 7.52. The van der Waals surface area contributed by atoms with Crippen molar-refractivity contribution in [2.45, 2.75) is 45.7 Å². The zero-order valence-corrected chi connectivity index (χ0v) is 21.0. The third kappa shape index (κ3) is 3.30. The monoisotopic (exact) mass is 501 g/mol. The molecule has 0 aliphatic heterocycles. The van der Waals surface area contributed by atoms with Crippen molar-refractivity contribution >= 4 is 22.6 Å². The molecule has 4 aromatic rings. The number of aromatic nitrogens is 4. The van der Waals surface area contributed by atoms with Crippen LogP contribution in [0.4, 0.5) is 14.5 Å². The number of hydrogen-bond donors (Lipinski definition) is 1. The van der Waals surface area contributed by atoms with Crippen LogP contribution in [0.1, 0.15) is 45.7 Å². The lowest BCUT2D eigenvalue weighted by molar-refractivity contribution is -0.120. The number of amides is 1. The Morgan fingerprint density at radius 3 is 2.51 bits per heavy atom. The molecule has 2 aromatic carbocycles. The molecule has 3 aliphatic rings. The summed E-state index contributed by atoms with van der Waals surface area (Å²) in [6.07, 6.45) is 7.66. The molecule has 1 amide bonds. The molecule has 8 heteroatoms. The minimum absolute atomic E-state index is 0.0574. The molecule has 1 N–H and O–H groups in total. The summed E-state index contributed by atoms with van der Waals surface area (Å²) in [7, 11) is 0. The second kappa shape index (κ2) is 7.73. The minimum atomic E-state index is -0.869. The van der Waals surface area contributed by atoms with Gasteiger partial charge in [-0.25, -0.2) is 13.8 Å². The number of fused-ring (bicyclic) bond motifs is 1. The lowest BCUT2D eigenvalue weighted by Gasteiger charge is -2.20. The van der Waals surface area contributed by atoms with Gasteiger partial charge in [-0.1, -0.05) is 19.1 Å². The number of benzene rings is 2. The van der Waals surface area contributed by atoms with Gasteiger partial charge in [0.25, 0.3) is 0 Å². The van der Waals surface area contributed by atoms with Crippen LogP contribution in [0.15, 0.2) is 55.1 Å². The first kappa shape index (κ1) is 22.6. The van der Waals surface area contributed by atoms with Gasteiger partial charge in [-0.3, -0.25) is 9.48 Å². The van der Waals surface area contributed by atoms with Gasteiger partial charge in [-0.2, -0.15) is 5.10 Å². The summed E-state index contributed by atoms with van der Waals surface area (Å²) in [4.78, 5) is 17.5. The van der Waals surface area contributed by atoms with Gasteiger partial charge < -0.3 is 9.88 Å². The molecule has 37 heavy (non-hydrogen) atoms. The molecule has 0 bridgehead atoms. The molecule has 3 fully saturated rings. The maximum atomic E-state index is 13.9. The van der Waals surface area contributed by atoms with E-state index in [-0.39, 0.29) is 23.3 Å². The van der Waals surface area contributed by atoms with Crippen LogP contribution < -0.4 is 5.32 Å². The van der Waals surface area contributed by atoms with Crippen molar-refractivity contribution in [3.05, 3.63) is 66.8 Å². The highest BCUT2D eigenvalue weighted by molar-refractivity contribution is 5.93. The van der Waals surface area contributed by atoms with Crippen LogP contribution in [-0.4, -0.2) is 25.2 Å². The fraction of sp³-hybridized carbons (Fsp3) is 0.414. The Kier molecular flexibility index (Phi) is 4.73. The average Bonchev–Trinajstić information content (AvgIpc) is 3.48. The van der Waals surface area contributed by atoms with Crippen molar-refractivity contribution in [3.63, 3.8) is 0 Å². The summed E-state index contributed by atoms with van der Waals surface area (Å²) in [5.41, 5.74) is 4.27. The molecule has 3 saturated carbocycles. The molecule has 7 rings (SSSR count). The van der Waals surface area contributed by atoms with Gasteiger partial charge in [-0.15, -0.1) is 0 Å². The van der Waals surface area contributed by atoms with E-state index in [9.17, 15) is 13.6 Å². The highest BCUT2D eigenvalue weighted by atomic mass is 19.2. The summed E-state index contributed by atoms with van der Waals surface area (Å²) in [5.74, 6) is -0.400. The maximum Gasteiger partial charge on any atom is 0.227 e. The molecule has 6 atom stereocenters. The Morgan fingerprint density at radius 1 is 1.08 bits per heavy atom. The van der Waals surface area contributed by atoms with E-state index in [1.807, 2.05) is 52.8 Å². The molecule has 2 unspecified atom stereocenters. The molecule has 0 radical (unpaired) electrons. The summed E-state index contributed by atoms with van der Waals surface area (Å²) in [6.45, 7) is 6.23. The number of nitrogens with zero attached hydrogens (tertiary/aromatic N) is 4. The van der Waals surface area contributed by atoms with Gasteiger partial charge in [-0.05, 0) is 67.6 Å². The van der Waals surface area contributed by atoms with Crippen molar-refractivity contribution in [1.82, 2.24) is 19.3 Å². The quantitative estimate of drug-likeness (QED) is 0.341. The number of rotatable bonds is 6. The largest absolute Gasteiger partial charge is 0.327 e. The van der Waals surface area contributed by atoms with Crippen molar-refractivity contribution in [1.29, 1.82) is 0 Å². The average molecular weight is 502 g/mol. The highest BCUT2D eigenvalue weighted by Crippen LogP contribution is 2.89. The van der Waals surface area contributed by atoms with Crippen LogP contribution >= 0.6 is 0 Å². The predicted octanol–water partition coefficient (Wildman–Crippen LogP) is 6.23. The normalized spacial score (nSPS) is 28.3. The summed E-state index contributed by atoms with van der Waals surface area (Å²) < 4.78 is 31.5. The molecule has 2 aromatic heterocycles. The van der Waals surface area contributed by atoms with E-state index in [0.717, 1.165) is 29.7 Å². The summed E-state index contributed by atoms with van der Waals surface area (Å²) in [6, 6.07) is 10.9. The fourth-order valence-electron chi connectivity index (χ4n) is 7.33. The van der Waals surface area contributed by atoms with E-state index in [4.69, 9.17) is 0 Å². The molecule has 190 valence electrons. The van der Waals surface area contributed by atoms with Crippen LogP contribution in [0.2, 0.25) is 0 Å². The first-order chi connectivity index (χ1) is 17.8. The van der Waals surface area contributed by atoms with E-state index >= 15 is 0 Å². The third-order valence-electron chi connectivity index (χ3n) is 9.24. The Labute approximate surface area is 213 Å². The molecule has 0 saturated heterocycles. The van der Waals surface area contributed by atoms with Crippen molar-refractivity contribution in [3.8, 4) is 11.1 Å². The molecular weight excluding hydrogens is 472 g/mol. The van der Waals surface area contributed by atoms with Crippen LogP contribution in [0.25, 0.3) is 22.2 Å². The SMILES string of the molecule is CC(C)n1cc(-c2ccc(NC(=O)[C@@H](C)[C@H]3[C@@H]4C[C@@H](n5cnc6cc(F)c(F)cc65)C5CC534)cc2)cn1. The van der Waals surface area contributed by atoms with Crippen LogP contribution in [-0.2, 0) is 4.79 Å². The number of nitrogens with one attached hydrogen (secondary N) is 1. The first-order valence-corrected chi connectivity index (χ1v) is 13.0. The second-order valence-electron chi connectivity index (χ2n) is 11.4. The Bertz CT molecular complexity index is 1540. The number of carbonyl (C=O) groups excluding carboxylic acids is 1. The lowest BCUT2D eigenvalue weighted by atomic mass is 9.95. The van der Waals surface area contributed by atoms with Crippen molar-refractivity contribution < 1.29 is 13.6 Å². The van der Waals surface area contributed by atoms with Gasteiger partial charge in [0.15, 0.2) is 11.6 Å². The summed E-state index contributed by atoms with van der Waals surface area (Å²) >= 11 is 0. The zero-order valence-electron chi connectivity index (χ0n) is 21.0. The van der Waals surface area contributed by atoms with E-state index in [0.29, 0.717) is 34.8 Å². The minimum Gasteiger partial charge on any atom is -0.327 e. The number of halogens is 2. The molecular formula is C29H29F2N5O. The second-order valence-corrected chi connectivity index (χ2v) is 11.4. The van der Waals surface area contributed by atoms with Gasteiger partial charge >= 0.3 is 0 Å². The molecule has 2 heterocycles. The lowest BCUT2D eigenvalue weighted by Crippen LogP contribution is -2.24. The molecule has 3 aliphatic carbocycles. The number of imidazole rings is 1. The van der Waals surface area contributed by atoms with Gasteiger partial charge in [0, 0.05) is 47.6 Å². The van der Waals surface area contributed by atoms with Crippen molar-refractivity contribution in [2.75, 3.05) is 5.32 Å². The van der Waals surface area contributed by atoms with E-state index in [1.165, 1.54) is 12.1 Å². The van der Waals surface area contributed by atoms with Crippen LogP contribution in [0, 0.1) is 40.7 Å². The molecule has 1 spiro atoms. The van der Waals surface area contributed by atoms with E-state index < -0.39 is 11.6 Å². The van der Waals surface area contributed by atoms with Crippen LogP contribution in [0.5, 0.6) is 0 Å². The van der Waals surface area contributed by atoms with E-state index in [1.54, 1.807) is 6.33 Å². The maximum absolute atomic E-state index is 13.9.